The quantitative estimate of drug-likeness (QED) is 0.753. The van der Waals surface area contributed by atoms with Crippen LogP contribution >= 0.6 is 0 Å². The fraction of sp³-hybridized carbons (Fsp3) is 0.529. The molecule has 1 heterocycles. The van der Waals surface area contributed by atoms with Gasteiger partial charge in [-0.2, -0.15) is 18.4 Å². The van der Waals surface area contributed by atoms with Crippen LogP contribution in [0.25, 0.3) is 0 Å². The van der Waals surface area contributed by atoms with Crippen molar-refractivity contribution in [3.05, 3.63) is 23.8 Å². The molecule has 2 atom stereocenters. The van der Waals surface area contributed by atoms with Crippen molar-refractivity contribution in [2.45, 2.75) is 37.4 Å². The van der Waals surface area contributed by atoms with Gasteiger partial charge in [-0.05, 0) is 31.5 Å². The van der Waals surface area contributed by atoms with E-state index in [-0.39, 0.29) is 41.0 Å². The minimum atomic E-state index is -4.64. The number of hydrogen-bond donors (Lipinski definition) is 0. The maximum Gasteiger partial charge on any atom is 0.425 e. The Balaban J connectivity index is 2.45. The smallest absolute Gasteiger partial charge is 0.425 e. The Labute approximate surface area is 155 Å². The molecule has 1 aliphatic heterocycles. The Kier molecular flexibility index (Phi) is 6.04. The van der Waals surface area contributed by atoms with Crippen molar-refractivity contribution in [2.24, 2.45) is 5.92 Å². The summed E-state index contributed by atoms with van der Waals surface area (Å²) in [5.74, 6) is -1.60. The van der Waals surface area contributed by atoms with Gasteiger partial charge in [-0.3, -0.25) is 4.79 Å². The maximum absolute atomic E-state index is 12.8. The maximum atomic E-state index is 12.8. The van der Waals surface area contributed by atoms with Gasteiger partial charge < -0.3 is 9.64 Å². The van der Waals surface area contributed by atoms with Crippen LogP contribution in [0.3, 0.4) is 0 Å². The molecule has 27 heavy (non-hydrogen) atoms. The van der Waals surface area contributed by atoms with Crippen LogP contribution in [-0.2, 0) is 9.84 Å². The number of nitrogens with zero attached hydrogens (tertiary/aromatic N) is 2. The summed E-state index contributed by atoms with van der Waals surface area (Å²) in [5.41, 5.74) is -0.265. The molecule has 1 aromatic rings. The molecule has 1 aliphatic rings. The van der Waals surface area contributed by atoms with Gasteiger partial charge in [0.15, 0.2) is 15.9 Å². The highest BCUT2D eigenvalue weighted by Crippen LogP contribution is 2.31. The summed E-state index contributed by atoms with van der Waals surface area (Å²) in [6, 6.07) is 5.27. The largest absolute Gasteiger partial charge is 0.480 e. The van der Waals surface area contributed by atoms with Gasteiger partial charge in [0.2, 0.25) is 0 Å². The summed E-state index contributed by atoms with van der Waals surface area (Å²) in [7, 11) is -3.67. The number of nitriles is 1. The molecule has 1 aromatic carbocycles. The van der Waals surface area contributed by atoms with E-state index in [0.29, 0.717) is 6.42 Å². The minimum Gasteiger partial charge on any atom is -0.480 e. The molecular weight excluding hydrogens is 385 g/mol. The molecule has 1 fully saturated rings. The van der Waals surface area contributed by atoms with Crippen LogP contribution in [0.5, 0.6) is 5.75 Å². The highest BCUT2D eigenvalue weighted by Gasteiger charge is 2.39. The summed E-state index contributed by atoms with van der Waals surface area (Å²) >= 11 is 0. The number of rotatable bonds is 5. The molecule has 2 rings (SSSR count). The zero-order chi connectivity index (χ0) is 20.4. The number of ether oxygens (including phenoxy) is 1. The van der Waals surface area contributed by atoms with E-state index < -0.39 is 28.0 Å². The number of alkyl halides is 3. The van der Waals surface area contributed by atoms with Gasteiger partial charge in [-0.1, -0.05) is 6.92 Å². The van der Waals surface area contributed by atoms with Crippen LogP contribution in [-0.4, -0.2) is 50.3 Å². The van der Waals surface area contributed by atoms with Crippen LogP contribution in [0.2, 0.25) is 0 Å². The average molecular weight is 404 g/mol. The van der Waals surface area contributed by atoms with Gasteiger partial charge in [0.1, 0.15) is 5.75 Å². The third-order valence-corrected chi connectivity index (χ3v) is 6.08. The predicted molar refractivity (Wildman–Crippen MR) is 89.9 cm³/mol. The molecule has 0 saturated carbocycles. The Hall–Kier alpha value is -2.28. The summed E-state index contributed by atoms with van der Waals surface area (Å²) in [6.07, 6.45) is -6.37. The molecule has 1 unspecified atom stereocenters. The monoisotopic (exact) mass is 404 g/mol. The Morgan fingerprint density at radius 1 is 1.44 bits per heavy atom. The normalized spacial score (nSPS) is 18.8. The fourth-order valence-corrected chi connectivity index (χ4v) is 3.52. The lowest BCUT2D eigenvalue weighted by Gasteiger charge is -2.22. The van der Waals surface area contributed by atoms with Crippen molar-refractivity contribution in [1.82, 2.24) is 4.90 Å². The van der Waals surface area contributed by atoms with Crippen LogP contribution in [0.15, 0.2) is 23.1 Å². The summed E-state index contributed by atoms with van der Waals surface area (Å²) < 4.78 is 67.6. The van der Waals surface area contributed by atoms with Crippen molar-refractivity contribution in [3.63, 3.8) is 0 Å². The van der Waals surface area contributed by atoms with Crippen LogP contribution in [0.1, 0.15) is 30.6 Å². The van der Waals surface area contributed by atoms with Crippen LogP contribution in [0.4, 0.5) is 13.2 Å². The second kappa shape index (κ2) is 7.76. The molecule has 0 aliphatic carbocycles. The topological polar surface area (TPSA) is 87.5 Å². The van der Waals surface area contributed by atoms with E-state index in [0.717, 1.165) is 25.1 Å². The number of carbonyl (C=O) groups is 1. The molecular formula is C17H19F3N2O4S. The second-order valence-corrected chi connectivity index (χ2v) is 8.51. The third kappa shape index (κ3) is 4.71. The molecule has 1 amide bonds. The first-order chi connectivity index (χ1) is 12.5. The molecule has 0 bridgehead atoms. The van der Waals surface area contributed by atoms with Gasteiger partial charge in [0.25, 0.3) is 5.91 Å². The van der Waals surface area contributed by atoms with E-state index in [1.165, 1.54) is 11.8 Å². The van der Waals surface area contributed by atoms with Gasteiger partial charge in [0.05, 0.1) is 28.2 Å². The second-order valence-electron chi connectivity index (χ2n) is 6.23. The summed E-state index contributed by atoms with van der Waals surface area (Å²) in [4.78, 5) is 13.9. The number of hydrogen-bond acceptors (Lipinski definition) is 5. The Morgan fingerprint density at radius 2 is 2.11 bits per heavy atom. The van der Waals surface area contributed by atoms with E-state index in [1.807, 2.05) is 6.07 Å². The molecule has 0 N–H and O–H groups in total. The first-order valence-electron chi connectivity index (χ1n) is 8.28. The van der Waals surface area contributed by atoms with Crippen molar-refractivity contribution in [1.29, 1.82) is 5.26 Å². The summed E-state index contributed by atoms with van der Waals surface area (Å²) in [6.45, 7) is 2.61. The number of likely N-dealkylation sites (tertiary alicyclic amines) is 1. The third-order valence-electron chi connectivity index (χ3n) is 4.34. The molecule has 0 spiro atoms. The van der Waals surface area contributed by atoms with Gasteiger partial charge in [0, 0.05) is 13.1 Å². The van der Waals surface area contributed by atoms with Crippen LogP contribution in [0, 0.1) is 17.2 Å². The van der Waals surface area contributed by atoms with Crippen molar-refractivity contribution < 1.29 is 31.1 Å². The molecule has 10 heteroatoms. The van der Waals surface area contributed by atoms with E-state index in [4.69, 9.17) is 10.00 Å². The first kappa shape index (κ1) is 21.0. The summed E-state index contributed by atoms with van der Waals surface area (Å²) in [5, 5.41) is 8.96. The zero-order valence-corrected chi connectivity index (χ0v) is 15.6. The lowest BCUT2D eigenvalue weighted by molar-refractivity contribution is -0.189. The van der Waals surface area contributed by atoms with Gasteiger partial charge in [-0.15, -0.1) is 0 Å². The highest BCUT2D eigenvalue weighted by atomic mass is 32.2. The number of halogens is 3. The van der Waals surface area contributed by atoms with Crippen LogP contribution < -0.4 is 4.74 Å². The van der Waals surface area contributed by atoms with E-state index in [1.54, 1.807) is 0 Å². The highest BCUT2D eigenvalue weighted by molar-refractivity contribution is 7.91. The predicted octanol–water partition coefficient (Wildman–Crippen LogP) is 2.80. The van der Waals surface area contributed by atoms with Gasteiger partial charge in [-0.25, -0.2) is 8.42 Å². The molecule has 0 aromatic heterocycles. The van der Waals surface area contributed by atoms with E-state index in [9.17, 15) is 26.4 Å². The van der Waals surface area contributed by atoms with E-state index >= 15 is 0 Å². The fourth-order valence-electron chi connectivity index (χ4n) is 2.62. The Bertz CT molecular complexity index is 862. The van der Waals surface area contributed by atoms with Crippen molar-refractivity contribution >= 4 is 15.7 Å². The minimum absolute atomic E-state index is 0.133. The van der Waals surface area contributed by atoms with Gasteiger partial charge >= 0.3 is 6.18 Å². The lowest BCUT2D eigenvalue weighted by Crippen LogP contribution is -2.33. The zero-order valence-electron chi connectivity index (χ0n) is 14.8. The Morgan fingerprint density at radius 3 is 2.63 bits per heavy atom. The molecule has 1 saturated heterocycles. The molecule has 0 radical (unpaired) electrons. The average Bonchev–Trinajstić information content (AvgIpc) is 3.09. The first-order valence-corrected chi connectivity index (χ1v) is 9.94. The lowest BCUT2D eigenvalue weighted by atomic mass is 10.1. The number of sulfone groups is 1. The number of amides is 1. The molecule has 148 valence electrons. The van der Waals surface area contributed by atoms with Crippen molar-refractivity contribution in [3.8, 4) is 11.8 Å². The number of benzene rings is 1. The van der Waals surface area contributed by atoms with E-state index in [2.05, 4.69) is 0 Å². The standard InChI is InChI=1S/C17H19F3N2O4S/c1-3-27(24,25)13-4-5-15(26-11(2)17(18,19)20)14(8-13)16(23)22-7-6-12(9-21)10-22/h4-5,8,11-12H,3,6-7,10H2,1-2H3/t11-,12?/m0/s1. The van der Waals surface area contributed by atoms with Crippen molar-refractivity contribution in [2.75, 3.05) is 18.8 Å². The number of carbonyl (C=O) groups excluding carboxylic acids is 1. The SMILES string of the molecule is CCS(=O)(=O)c1ccc(O[C@@H](C)C(F)(F)F)c(C(=O)N2CCC(C#N)C2)c1. The molecule has 6 nitrogen and oxygen atoms in total.